The molecule has 17 heavy (non-hydrogen) atoms. The maximum Gasteiger partial charge on any atom is 0.0937 e. The Morgan fingerprint density at radius 2 is 1.41 bits per heavy atom. The van der Waals surface area contributed by atoms with Gasteiger partial charge in [0.15, 0.2) is 0 Å². The number of hydrogen-bond acceptors (Lipinski definition) is 1. The first-order valence-corrected chi connectivity index (χ1v) is 7.15. The minimum absolute atomic E-state index is 0. The van der Waals surface area contributed by atoms with Gasteiger partial charge in [0.2, 0.25) is 0 Å². The molecule has 2 fully saturated rings. The summed E-state index contributed by atoms with van der Waals surface area (Å²) in [6.45, 7) is 2.16. The van der Waals surface area contributed by atoms with E-state index in [1.165, 1.54) is 70.0 Å². The molecule has 0 heterocycles. The van der Waals surface area contributed by atoms with Crippen molar-refractivity contribution < 1.29 is 0 Å². The lowest BCUT2D eigenvalue weighted by Gasteiger charge is -2.25. The van der Waals surface area contributed by atoms with E-state index in [0.29, 0.717) is 12.1 Å². The Morgan fingerprint density at radius 3 is 2.00 bits per heavy atom. The van der Waals surface area contributed by atoms with Gasteiger partial charge in [0.1, 0.15) is 0 Å². The third-order valence-corrected chi connectivity index (χ3v) is 3.97. The lowest BCUT2D eigenvalue weighted by Crippen LogP contribution is -2.35. The Labute approximate surface area is 107 Å². The molecule has 0 atom stereocenters. The van der Waals surface area contributed by atoms with Crippen LogP contribution in [0.2, 0.25) is 0 Å². The number of amidine groups is 1. The van der Waals surface area contributed by atoms with Gasteiger partial charge in [-0.25, -0.2) is 0 Å². The summed E-state index contributed by atoms with van der Waals surface area (Å²) in [5.41, 5.74) is 0. The van der Waals surface area contributed by atoms with E-state index in [-0.39, 0.29) is 7.43 Å². The molecule has 2 heteroatoms. The lowest BCUT2D eigenvalue weighted by molar-refractivity contribution is 0.408. The fourth-order valence-corrected chi connectivity index (χ4v) is 3.06. The zero-order valence-electron chi connectivity index (χ0n) is 11.7. The molecule has 0 spiro atoms. The number of nitrogens with zero attached hydrogens (tertiary/aromatic N) is 1. The van der Waals surface area contributed by atoms with Crippen LogP contribution in [0.25, 0.3) is 0 Å². The topological polar surface area (TPSA) is 24.4 Å². The first-order chi connectivity index (χ1) is 7.84. The highest BCUT2D eigenvalue weighted by molar-refractivity contribution is 5.80. The van der Waals surface area contributed by atoms with Gasteiger partial charge in [0.05, 0.1) is 11.9 Å². The summed E-state index contributed by atoms with van der Waals surface area (Å²) in [6, 6.07) is 1.32. The van der Waals surface area contributed by atoms with Gasteiger partial charge in [-0.3, -0.25) is 4.99 Å². The van der Waals surface area contributed by atoms with Crippen molar-refractivity contribution in [1.29, 1.82) is 0 Å². The van der Waals surface area contributed by atoms with Crippen LogP contribution in [0, 0.1) is 7.43 Å². The van der Waals surface area contributed by atoms with Crippen molar-refractivity contribution in [3.8, 4) is 0 Å². The third kappa shape index (κ3) is 5.01. The molecule has 0 radical (unpaired) electrons. The highest BCUT2D eigenvalue weighted by atomic mass is 15.0. The van der Waals surface area contributed by atoms with Crippen molar-refractivity contribution in [3.63, 3.8) is 0 Å². The van der Waals surface area contributed by atoms with Crippen LogP contribution >= 0.6 is 0 Å². The van der Waals surface area contributed by atoms with Crippen molar-refractivity contribution in [3.05, 3.63) is 7.43 Å². The van der Waals surface area contributed by atoms with Crippen molar-refractivity contribution in [2.75, 3.05) is 0 Å². The van der Waals surface area contributed by atoms with Crippen LogP contribution in [0.4, 0.5) is 0 Å². The van der Waals surface area contributed by atoms with E-state index in [9.17, 15) is 0 Å². The minimum Gasteiger partial charge on any atom is -0.371 e. The fraction of sp³-hybridized carbons (Fsp3) is 0.867. The van der Waals surface area contributed by atoms with Gasteiger partial charge in [0, 0.05) is 13.5 Å². The van der Waals surface area contributed by atoms with E-state index in [1.807, 2.05) is 0 Å². The van der Waals surface area contributed by atoms with Crippen LogP contribution in [-0.2, 0) is 0 Å². The average molecular weight is 237 g/mol. The molecule has 0 aliphatic heterocycles. The molecule has 0 bridgehead atoms. The van der Waals surface area contributed by atoms with Crippen molar-refractivity contribution in [2.45, 2.75) is 83.2 Å². The molecule has 2 nitrogen and oxygen atoms in total. The minimum atomic E-state index is 0. The van der Waals surface area contributed by atoms with Crippen LogP contribution in [0.5, 0.6) is 0 Å². The predicted molar refractivity (Wildman–Crippen MR) is 76.4 cm³/mol. The van der Waals surface area contributed by atoms with Crippen molar-refractivity contribution in [1.82, 2.24) is 5.32 Å². The van der Waals surface area contributed by atoms with Gasteiger partial charge in [-0.2, -0.15) is 0 Å². The normalized spacial score (nSPS) is 24.2. The van der Waals surface area contributed by atoms with Gasteiger partial charge in [-0.1, -0.05) is 38.5 Å². The maximum atomic E-state index is 4.84. The highest BCUT2D eigenvalue weighted by Gasteiger charge is 2.15. The third-order valence-electron chi connectivity index (χ3n) is 3.97. The van der Waals surface area contributed by atoms with E-state index < -0.39 is 0 Å². The fourth-order valence-electron chi connectivity index (χ4n) is 3.06. The van der Waals surface area contributed by atoms with E-state index in [0.717, 1.165) is 0 Å². The molecule has 2 saturated carbocycles. The standard InChI is InChI=1S/C14H26N2.CH3/c1-12(15-13-8-4-2-5-9-13)16-14-10-6-3-7-11-14;/h13-14H,2-11H2,1H3,(H,15,16);1H3/q;+1. The van der Waals surface area contributed by atoms with Gasteiger partial charge in [-0.05, 0) is 32.6 Å². The molecule has 0 saturated heterocycles. The smallest absolute Gasteiger partial charge is 0.0937 e. The Bertz CT molecular complexity index is 223. The van der Waals surface area contributed by atoms with Crippen LogP contribution in [0.1, 0.15) is 71.1 Å². The summed E-state index contributed by atoms with van der Waals surface area (Å²) in [5.74, 6) is 1.19. The molecular weight excluding hydrogens is 208 g/mol. The summed E-state index contributed by atoms with van der Waals surface area (Å²) >= 11 is 0. The number of hydrogen-bond donors (Lipinski definition) is 1. The van der Waals surface area contributed by atoms with Gasteiger partial charge < -0.3 is 5.32 Å². The number of nitrogens with one attached hydrogen (secondary N) is 1. The number of rotatable bonds is 2. The number of aliphatic imine (C=N–C) groups is 1. The van der Waals surface area contributed by atoms with Crippen molar-refractivity contribution >= 4 is 5.84 Å². The van der Waals surface area contributed by atoms with E-state index in [4.69, 9.17) is 4.99 Å². The van der Waals surface area contributed by atoms with E-state index >= 15 is 0 Å². The van der Waals surface area contributed by atoms with Crippen molar-refractivity contribution in [2.24, 2.45) is 4.99 Å². The molecular formula is C15H29N2+. The molecule has 0 aromatic heterocycles. The van der Waals surface area contributed by atoms with Crippen LogP contribution in [0.15, 0.2) is 4.99 Å². The summed E-state index contributed by atoms with van der Waals surface area (Å²) < 4.78 is 0. The monoisotopic (exact) mass is 237 g/mol. The second-order valence-electron chi connectivity index (χ2n) is 5.49. The summed E-state index contributed by atoms with van der Waals surface area (Å²) in [4.78, 5) is 4.84. The molecule has 98 valence electrons. The average Bonchev–Trinajstić information content (AvgIpc) is 2.31. The quantitative estimate of drug-likeness (QED) is 0.436. The zero-order valence-corrected chi connectivity index (χ0v) is 11.7. The Kier molecular flexibility index (Phi) is 6.46. The molecule has 0 amide bonds. The Morgan fingerprint density at radius 1 is 0.882 bits per heavy atom. The molecule has 1 N–H and O–H groups in total. The molecule has 2 rings (SSSR count). The van der Waals surface area contributed by atoms with E-state index in [1.54, 1.807) is 0 Å². The first-order valence-electron chi connectivity index (χ1n) is 7.15. The largest absolute Gasteiger partial charge is 0.371 e. The molecule has 0 aromatic rings. The molecule has 2 aliphatic rings. The SMILES string of the molecule is CC(=NC1CCCCC1)NC1CCCCC1.[CH3+]. The Balaban J connectivity index is 0.00000144. The summed E-state index contributed by atoms with van der Waals surface area (Å²) in [6.07, 6.45) is 13.7. The summed E-state index contributed by atoms with van der Waals surface area (Å²) in [5, 5.41) is 3.62. The van der Waals surface area contributed by atoms with Gasteiger partial charge in [0.25, 0.3) is 0 Å². The molecule has 2 aliphatic carbocycles. The lowest BCUT2D eigenvalue weighted by atomic mass is 9.95. The first kappa shape index (κ1) is 14.4. The molecule has 0 unspecified atom stereocenters. The van der Waals surface area contributed by atoms with Crippen LogP contribution < -0.4 is 5.32 Å². The van der Waals surface area contributed by atoms with E-state index in [2.05, 4.69) is 12.2 Å². The van der Waals surface area contributed by atoms with Gasteiger partial charge in [-0.15, -0.1) is 0 Å². The molecule has 0 aromatic carbocycles. The van der Waals surface area contributed by atoms with Crippen LogP contribution in [-0.4, -0.2) is 17.9 Å². The summed E-state index contributed by atoms with van der Waals surface area (Å²) in [7, 11) is 0. The second-order valence-corrected chi connectivity index (χ2v) is 5.49. The second kappa shape index (κ2) is 7.62. The zero-order chi connectivity index (χ0) is 11.2. The predicted octanol–water partition coefficient (Wildman–Crippen LogP) is 4.11. The van der Waals surface area contributed by atoms with Crippen LogP contribution in [0.3, 0.4) is 0 Å². The Hall–Kier alpha value is -0.660. The highest BCUT2D eigenvalue weighted by Crippen LogP contribution is 2.21. The maximum absolute atomic E-state index is 4.84. The van der Waals surface area contributed by atoms with Gasteiger partial charge >= 0.3 is 0 Å².